The molecule has 2 aliphatic rings. The van der Waals surface area contributed by atoms with Crippen molar-refractivity contribution < 1.29 is 14.3 Å². The van der Waals surface area contributed by atoms with E-state index in [0.717, 1.165) is 6.42 Å². The van der Waals surface area contributed by atoms with Crippen molar-refractivity contribution >= 4 is 11.6 Å². The summed E-state index contributed by atoms with van der Waals surface area (Å²) in [5.74, 6) is 0.261. The highest BCUT2D eigenvalue weighted by Gasteiger charge is 2.39. The lowest BCUT2D eigenvalue weighted by atomic mass is 9.83. The number of ether oxygens (including phenoxy) is 1. The van der Waals surface area contributed by atoms with Crippen LogP contribution in [0.4, 0.5) is 0 Å². The second-order valence-corrected chi connectivity index (χ2v) is 5.03. The van der Waals surface area contributed by atoms with Gasteiger partial charge in [-0.25, -0.2) is 0 Å². The maximum atomic E-state index is 11.8. The largest absolute Gasteiger partial charge is 0.374 e. The minimum Gasteiger partial charge on any atom is -0.374 e. The maximum absolute atomic E-state index is 11.8. The van der Waals surface area contributed by atoms with Crippen LogP contribution in [-0.2, 0) is 14.3 Å². The van der Waals surface area contributed by atoms with Gasteiger partial charge in [-0.3, -0.25) is 9.59 Å². The van der Waals surface area contributed by atoms with E-state index in [2.05, 4.69) is 6.92 Å². The summed E-state index contributed by atoms with van der Waals surface area (Å²) >= 11 is 0. The zero-order valence-corrected chi connectivity index (χ0v) is 10.0. The number of hydrogen-bond donors (Lipinski definition) is 0. The Morgan fingerprint density at radius 2 is 2.00 bits per heavy atom. The summed E-state index contributed by atoms with van der Waals surface area (Å²) in [4.78, 5) is 23.2. The van der Waals surface area contributed by atoms with E-state index < -0.39 is 0 Å². The second-order valence-electron chi connectivity index (χ2n) is 5.03. The molecule has 16 heavy (non-hydrogen) atoms. The van der Waals surface area contributed by atoms with E-state index in [1.807, 2.05) is 6.92 Å². The number of ketones is 2. The summed E-state index contributed by atoms with van der Waals surface area (Å²) in [6.07, 6.45) is 2.94. The molecule has 0 aromatic heterocycles. The molecule has 0 bridgehead atoms. The average molecular weight is 222 g/mol. The van der Waals surface area contributed by atoms with Gasteiger partial charge in [-0.05, 0) is 31.8 Å². The van der Waals surface area contributed by atoms with Crippen LogP contribution >= 0.6 is 0 Å². The fraction of sp³-hybridized carbons (Fsp3) is 0.692. The molecule has 1 heterocycles. The fourth-order valence-corrected chi connectivity index (χ4v) is 2.44. The van der Waals surface area contributed by atoms with Crippen molar-refractivity contribution in [3.8, 4) is 0 Å². The minimum absolute atomic E-state index is 0.0156. The number of allylic oxidation sites excluding steroid dienone is 1. The highest BCUT2D eigenvalue weighted by atomic mass is 16.5. The Balaban J connectivity index is 2.16. The molecule has 1 aliphatic carbocycles. The lowest BCUT2D eigenvalue weighted by molar-refractivity contribution is -0.130. The molecular weight excluding hydrogens is 204 g/mol. The first-order valence-corrected chi connectivity index (χ1v) is 5.89. The topological polar surface area (TPSA) is 43.4 Å². The molecule has 2 rings (SSSR count). The Morgan fingerprint density at radius 3 is 2.56 bits per heavy atom. The van der Waals surface area contributed by atoms with Crippen LogP contribution in [0.25, 0.3) is 0 Å². The molecule has 0 aromatic carbocycles. The zero-order valence-electron chi connectivity index (χ0n) is 10.0. The van der Waals surface area contributed by atoms with Crippen LogP contribution in [0.5, 0.6) is 0 Å². The van der Waals surface area contributed by atoms with Crippen LogP contribution in [-0.4, -0.2) is 23.8 Å². The smallest absolute Gasteiger partial charge is 0.165 e. The second kappa shape index (κ2) is 4.13. The molecule has 1 saturated heterocycles. The molecule has 0 saturated carbocycles. The van der Waals surface area contributed by atoms with Gasteiger partial charge in [-0.15, -0.1) is 0 Å². The van der Waals surface area contributed by atoms with Gasteiger partial charge >= 0.3 is 0 Å². The van der Waals surface area contributed by atoms with Crippen molar-refractivity contribution in [2.24, 2.45) is 11.8 Å². The summed E-state index contributed by atoms with van der Waals surface area (Å²) in [6.45, 7) is 5.96. The third-order valence-electron chi connectivity index (χ3n) is 3.77. The number of carbonyl (C=O) groups excluding carboxylic acids is 2. The molecule has 0 spiro atoms. The lowest BCUT2D eigenvalue weighted by Crippen LogP contribution is -2.32. The first-order valence-electron chi connectivity index (χ1n) is 5.89. The molecular formula is C13H18O3. The molecule has 3 nitrogen and oxygen atoms in total. The van der Waals surface area contributed by atoms with Gasteiger partial charge in [-0.2, -0.15) is 0 Å². The van der Waals surface area contributed by atoms with Gasteiger partial charge in [0.1, 0.15) is 5.78 Å². The first-order chi connectivity index (χ1) is 7.49. The minimum atomic E-state index is -0.204. The van der Waals surface area contributed by atoms with Crippen molar-refractivity contribution in [2.75, 3.05) is 0 Å². The number of Topliss-reactive ketones (excluding diaryl/α,β-unsaturated/α-hetero) is 2. The van der Waals surface area contributed by atoms with Crippen molar-refractivity contribution in [3.63, 3.8) is 0 Å². The Bertz CT molecular complexity index is 346. The van der Waals surface area contributed by atoms with Gasteiger partial charge < -0.3 is 4.74 Å². The number of hydrogen-bond acceptors (Lipinski definition) is 3. The van der Waals surface area contributed by atoms with Crippen LogP contribution < -0.4 is 0 Å². The third kappa shape index (κ3) is 1.96. The first kappa shape index (κ1) is 11.5. The van der Waals surface area contributed by atoms with E-state index in [-0.39, 0.29) is 36.1 Å². The molecule has 88 valence electrons. The monoisotopic (exact) mass is 222 g/mol. The molecule has 0 radical (unpaired) electrons. The molecule has 0 N–H and O–H groups in total. The molecule has 0 amide bonds. The summed E-state index contributed by atoms with van der Waals surface area (Å²) in [5, 5.41) is 0. The van der Waals surface area contributed by atoms with Gasteiger partial charge in [0.15, 0.2) is 5.78 Å². The number of carbonyl (C=O) groups is 2. The van der Waals surface area contributed by atoms with E-state index >= 15 is 0 Å². The van der Waals surface area contributed by atoms with Gasteiger partial charge in [0.05, 0.1) is 24.5 Å². The van der Waals surface area contributed by atoms with Crippen molar-refractivity contribution in [3.05, 3.63) is 11.6 Å². The van der Waals surface area contributed by atoms with Crippen molar-refractivity contribution in [1.82, 2.24) is 0 Å². The summed E-state index contributed by atoms with van der Waals surface area (Å²) < 4.78 is 5.79. The highest BCUT2D eigenvalue weighted by Crippen LogP contribution is 2.33. The zero-order chi connectivity index (χ0) is 11.9. The summed E-state index contributed by atoms with van der Waals surface area (Å²) in [5.41, 5.74) is 0.709. The van der Waals surface area contributed by atoms with Crippen molar-refractivity contribution in [2.45, 2.75) is 45.8 Å². The van der Waals surface area contributed by atoms with E-state index in [1.165, 1.54) is 0 Å². The predicted octanol–water partition coefficient (Wildman–Crippen LogP) is 1.90. The Morgan fingerprint density at radius 1 is 1.31 bits per heavy atom. The highest BCUT2D eigenvalue weighted by molar-refractivity contribution is 6.11. The average Bonchev–Trinajstić information content (AvgIpc) is 2.53. The van der Waals surface area contributed by atoms with E-state index in [9.17, 15) is 9.59 Å². The van der Waals surface area contributed by atoms with Crippen LogP contribution in [0, 0.1) is 11.8 Å². The van der Waals surface area contributed by atoms with E-state index in [0.29, 0.717) is 11.5 Å². The van der Waals surface area contributed by atoms with Gasteiger partial charge in [0.25, 0.3) is 0 Å². The summed E-state index contributed by atoms with van der Waals surface area (Å²) in [6, 6.07) is 0. The molecule has 4 atom stereocenters. The third-order valence-corrected chi connectivity index (χ3v) is 3.77. The van der Waals surface area contributed by atoms with Crippen LogP contribution in [0.1, 0.15) is 33.6 Å². The lowest BCUT2D eigenvalue weighted by Gasteiger charge is -2.23. The van der Waals surface area contributed by atoms with E-state index in [1.54, 1.807) is 13.0 Å². The van der Waals surface area contributed by atoms with Crippen LogP contribution in [0.2, 0.25) is 0 Å². The van der Waals surface area contributed by atoms with Gasteiger partial charge in [0.2, 0.25) is 0 Å². The van der Waals surface area contributed by atoms with Crippen LogP contribution in [0.15, 0.2) is 11.6 Å². The van der Waals surface area contributed by atoms with Crippen LogP contribution in [0.3, 0.4) is 0 Å². The molecule has 1 fully saturated rings. The summed E-state index contributed by atoms with van der Waals surface area (Å²) in [7, 11) is 0. The molecule has 0 aromatic rings. The van der Waals surface area contributed by atoms with Gasteiger partial charge in [-0.1, -0.05) is 13.0 Å². The normalized spacial score (nSPS) is 40.1. The Labute approximate surface area is 95.9 Å². The maximum Gasteiger partial charge on any atom is 0.165 e. The standard InChI is InChI=1S/C13H18O3/c1-7-5-13(16-9(7)3)10-4-8(2)11(14)6-12(10)15/h4,7,9-10,13H,5-6H2,1-3H3. The Hall–Kier alpha value is -0.960. The predicted molar refractivity (Wildman–Crippen MR) is 60.0 cm³/mol. The van der Waals surface area contributed by atoms with Crippen molar-refractivity contribution in [1.29, 1.82) is 0 Å². The molecule has 1 aliphatic heterocycles. The SMILES string of the molecule is CC1=CC(C2CC(C)C(C)O2)C(=O)CC1=O. The quantitative estimate of drug-likeness (QED) is 0.636. The fourth-order valence-electron chi connectivity index (χ4n) is 2.44. The van der Waals surface area contributed by atoms with E-state index in [4.69, 9.17) is 4.74 Å². The van der Waals surface area contributed by atoms with Gasteiger partial charge in [0, 0.05) is 0 Å². The molecule has 3 heteroatoms. The molecule has 4 unspecified atom stereocenters. The Kier molecular flexibility index (Phi) is 2.98. The number of rotatable bonds is 1.